The van der Waals surface area contributed by atoms with Gasteiger partial charge in [0.2, 0.25) is 0 Å². The molecule has 4 heteroatoms. The SMILES string of the molecule is CC(C)CCC[C@@H](C)[C@H]1CC[C@H]2[C@@H]3CC=C4C=C(/C=C5\CN=C6C(=O)NNC65C)CC[C@]4(C)[C@H]3CC[C@]12C. The van der Waals surface area contributed by atoms with Crippen LogP contribution in [-0.2, 0) is 4.79 Å². The zero-order chi connectivity index (χ0) is 26.9. The number of aliphatic imine (C=N–C) groups is 1. The summed E-state index contributed by atoms with van der Waals surface area (Å²) in [5.74, 6) is 5.17. The van der Waals surface area contributed by atoms with Gasteiger partial charge in [-0.1, -0.05) is 72.1 Å². The van der Waals surface area contributed by atoms with Gasteiger partial charge in [0.15, 0.2) is 0 Å². The molecule has 2 aliphatic heterocycles. The molecule has 6 aliphatic rings. The minimum absolute atomic E-state index is 0.0782. The maximum Gasteiger partial charge on any atom is 0.281 e. The number of nitrogens with one attached hydrogen (secondary N) is 2. The Hall–Kier alpha value is -1.68. The predicted molar refractivity (Wildman–Crippen MR) is 157 cm³/mol. The molecule has 2 saturated carbocycles. The van der Waals surface area contributed by atoms with Crippen LogP contribution in [0, 0.1) is 46.3 Å². The second kappa shape index (κ2) is 9.46. The summed E-state index contributed by atoms with van der Waals surface area (Å²) in [6.07, 6.45) is 21.2. The van der Waals surface area contributed by atoms with Crippen molar-refractivity contribution in [3.05, 3.63) is 34.9 Å². The molecule has 3 fully saturated rings. The van der Waals surface area contributed by atoms with Crippen molar-refractivity contribution >= 4 is 11.6 Å². The standard InChI is InChI=1S/C34H51N3O/c1-21(2)8-7-9-22(3)27-12-13-28-26-11-10-24-18-23(14-16-32(24,4)29(26)15-17-33(27,28)5)19-25-20-35-30-31(38)36-37-34(25,30)6/h10,18-19,21-22,26-29,37H,7-9,11-17,20H2,1-6H3,(H,36,38)/b25-19+/t22-,26+,27-,28+,29+,32+,33-,34?/m1/s1. The van der Waals surface area contributed by atoms with Gasteiger partial charge >= 0.3 is 0 Å². The van der Waals surface area contributed by atoms with Gasteiger partial charge in [-0.3, -0.25) is 15.2 Å². The lowest BCUT2D eigenvalue weighted by atomic mass is 9.47. The Labute approximate surface area is 231 Å². The quantitative estimate of drug-likeness (QED) is 0.387. The van der Waals surface area contributed by atoms with Crippen LogP contribution >= 0.6 is 0 Å². The van der Waals surface area contributed by atoms with Crippen LogP contribution < -0.4 is 10.9 Å². The molecular formula is C34H51N3O. The number of hydrazine groups is 1. The van der Waals surface area contributed by atoms with Crippen LogP contribution in [0.5, 0.6) is 0 Å². The van der Waals surface area contributed by atoms with E-state index in [1.165, 1.54) is 68.9 Å². The molecule has 1 unspecified atom stereocenters. The molecule has 6 rings (SSSR count). The zero-order valence-corrected chi connectivity index (χ0v) is 24.8. The van der Waals surface area contributed by atoms with Crippen molar-refractivity contribution in [1.29, 1.82) is 0 Å². The van der Waals surface area contributed by atoms with Gasteiger partial charge in [-0.15, -0.1) is 0 Å². The van der Waals surface area contributed by atoms with Gasteiger partial charge in [0.25, 0.3) is 5.91 Å². The Kier molecular flexibility index (Phi) is 6.61. The summed E-state index contributed by atoms with van der Waals surface area (Å²) in [5, 5.41) is 0. The highest BCUT2D eigenvalue weighted by Crippen LogP contribution is 2.67. The molecule has 2 heterocycles. The molecule has 0 aromatic carbocycles. The normalized spacial score (nSPS) is 43.6. The summed E-state index contributed by atoms with van der Waals surface area (Å²) >= 11 is 0. The van der Waals surface area contributed by atoms with Crippen LogP contribution in [0.1, 0.15) is 106 Å². The summed E-state index contributed by atoms with van der Waals surface area (Å²) in [6, 6.07) is 0. The van der Waals surface area contributed by atoms with Crippen LogP contribution in [-0.4, -0.2) is 23.7 Å². The highest BCUT2D eigenvalue weighted by Gasteiger charge is 2.58. The van der Waals surface area contributed by atoms with Crippen molar-refractivity contribution < 1.29 is 4.79 Å². The molecule has 38 heavy (non-hydrogen) atoms. The third-order valence-electron chi connectivity index (χ3n) is 12.5. The molecule has 0 bridgehead atoms. The first-order chi connectivity index (χ1) is 18.1. The Morgan fingerprint density at radius 2 is 1.89 bits per heavy atom. The summed E-state index contributed by atoms with van der Waals surface area (Å²) in [4.78, 5) is 16.7. The number of amides is 1. The van der Waals surface area contributed by atoms with Crippen molar-refractivity contribution in [1.82, 2.24) is 10.9 Å². The molecule has 1 amide bonds. The van der Waals surface area contributed by atoms with E-state index in [0.717, 1.165) is 41.9 Å². The molecule has 0 aromatic heterocycles. The van der Waals surface area contributed by atoms with Gasteiger partial charge in [-0.25, -0.2) is 5.43 Å². The number of hydrogen-bond donors (Lipinski definition) is 2. The lowest BCUT2D eigenvalue weighted by Gasteiger charge is -2.57. The van der Waals surface area contributed by atoms with Crippen molar-refractivity contribution in [2.45, 2.75) is 111 Å². The van der Waals surface area contributed by atoms with Gasteiger partial charge in [0.05, 0.1) is 6.54 Å². The van der Waals surface area contributed by atoms with Crippen molar-refractivity contribution in [2.75, 3.05) is 6.54 Å². The Morgan fingerprint density at radius 1 is 1.08 bits per heavy atom. The first kappa shape index (κ1) is 26.5. The number of allylic oxidation sites excluding steroid dienone is 5. The van der Waals surface area contributed by atoms with Crippen molar-refractivity contribution in [3.8, 4) is 0 Å². The largest absolute Gasteiger partial charge is 0.285 e. The summed E-state index contributed by atoms with van der Waals surface area (Å²) in [6.45, 7) is 15.3. The molecule has 0 radical (unpaired) electrons. The van der Waals surface area contributed by atoms with E-state index in [1.54, 1.807) is 5.57 Å². The van der Waals surface area contributed by atoms with E-state index in [0.29, 0.717) is 23.1 Å². The van der Waals surface area contributed by atoms with Crippen LogP contribution in [0.15, 0.2) is 39.9 Å². The Morgan fingerprint density at radius 3 is 2.68 bits per heavy atom. The lowest BCUT2D eigenvalue weighted by Crippen LogP contribution is -2.49. The average Bonchev–Trinajstić information content (AvgIpc) is 3.49. The zero-order valence-electron chi connectivity index (χ0n) is 24.8. The number of hydrogen-bond acceptors (Lipinski definition) is 3. The first-order valence-electron chi connectivity index (χ1n) is 15.8. The first-order valence-corrected chi connectivity index (χ1v) is 15.8. The molecule has 1 saturated heterocycles. The van der Waals surface area contributed by atoms with E-state index in [9.17, 15) is 4.79 Å². The van der Waals surface area contributed by atoms with E-state index < -0.39 is 5.54 Å². The van der Waals surface area contributed by atoms with E-state index in [1.807, 2.05) is 0 Å². The lowest BCUT2D eigenvalue weighted by molar-refractivity contribution is -0.114. The maximum absolute atomic E-state index is 12.1. The van der Waals surface area contributed by atoms with Crippen LogP contribution in [0.3, 0.4) is 0 Å². The molecule has 2 N–H and O–H groups in total. The van der Waals surface area contributed by atoms with Crippen molar-refractivity contribution in [2.24, 2.45) is 51.3 Å². The fraction of sp³-hybridized carbons (Fsp3) is 0.765. The van der Waals surface area contributed by atoms with Crippen LogP contribution in [0.25, 0.3) is 0 Å². The predicted octanol–water partition coefficient (Wildman–Crippen LogP) is 7.34. The van der Waals surface area contributed by atoms with E-state index in [2.05, 4.69) is 75.6 Å². The smallest absolute Gasteiger partial charge is 0.281 e. The molecule has 208 valence electrons. The average molecular weight is 518 g/mol. The fourth-order valence-electron chi connectivity index (χ4n) is 10.2. The van der Waals surface area contributed by atoms with E-state index in [4.69, 9.17) is 0 Å². The monoisotopic (exact) mass is 517 g/mol. The number of nitrogens with zero attached hydrogens (tertiary/aromatic N) is 1. The van der Waals surface area contributed by atoms with E-state index in [-0.39, 0.29) is 5.91 Å². The van der Waals surface area contributed by atoms with Gasteiger partial charge in [-0.05, 0) is 115 Å². The molecule has 0 spiro atoms. The molecule has 0 aromatic rings. The summed E-state index contributed by atoms with van der Waals surface area (Å²) in [7, 11) is 0. The summed E-state index contributed by atoms with van der Waals surface area (Å²) < 4.78 is 0. The number of fused-ring (bicyclic) bond motifs is 6. The minimum Gasteiger partial charge on any atom is -0.285 e. The van der Waals surface area contributed by atoms with Crippen LogP contribution in [0.2, 0.25) is 0 Å². The number of carbonyl (C=O) groups excluding carboxylic acids is 1. The highest BCUT2D eigenvalue weighted by atomic mass is 16.2. The van der Waals surface area contributed by atoms with Crippen molar-refractivity contribution in [3.63, 3.8) is 0 Å². The van der Waals surface area contributed by atoms with Gasteiger partial charge in [-0.2, -0.15) is 0 Å². The third kappa shape index (κ3) is 4.02. The topological polar surface area (TPSA) is 53.5 Å². The summed E-state index contributed by atoms with van der Waals surface area (Å²) in [5.41, 5.74) is 11.2. The molecule has 8 atom stereocenters. The number of rotatable bonds is 6. The molecular weight excluding hydrogens is 466 g/mol. The molecule has 4 nitrogen and oxygen atoms in total. The second-order valence-electron chi connectivity index (χ2n) is 15.0. The minimum atomic E-state index is -0.455. The highest BCUT2D eigenvalue weighted by molar-refractivity contribution is 6.45. The fourth-order valence-corrected chi connectivity index (χ4v) is 10.2. The Balaban J connectivity index is 1.19. The number of carbonyl (C=O) groups is 1. The van der Waals surface area contributed by atoms with Gasteiger partial charge in [0.1, 0.15) is 11.3 Å². The maximum atomic E-state index is 12.1. The van der Waals surface area contributed by atoms with E-state index >= 15 is 0 Å². The van der Waals surface area contributed by atoms with Gasteiger partial charge < -0.3 is 0 Å². The van der Waals surface area contributed by atoms with Gasteiger partial charge in [0, 0.05) is 0 Å². The second-order valence-corrected chi connectivity index (χ2v) is 15.0. The Bertz CT molecular complexity index is 1110. The van der Waals surface area contributed by atoms with Crippen LogP contribution in [0.4, 0.5) is 0 Å². The third-order valence-corrected chi connectivity index (χ3v) is 12.5. The molecule has 4 aliphatic carbocycles.